The molecule has 0 aromatic carbocycles. The van der Waals surface area contributed by atoms with Crippen molar-refractivity contribution >= 4 is 13.7 Å². The fourth-order valence-electron chi connectivity index (χ4n) is 8.86. The molecule has 0 bridgehead atoms. The molecule has 0 aliphatic carbocycles. The lowest BCUT2D eigenvalue weighted by atomic mass is 10.0. The van der Waals surface area contributed by atoms with E-state index in [-0.39, 0.29) is 12.5 Å². The number of likely N-dealkylation sites (N-methyl/N-ethyl adjacent to an activating group) is 1. The van der Waals surface area contributed by atoms with Crippen LogP contribution in [0.3, 0.4) is 0 Å². The minimum atomic E-state index is -4.62. The highest BCUT2D eigenvalue weighted by molar-refractivity contribution is 7.45. The third-order valence-electron chi connectivity index (χ3n) is 13.8. The summed E-state index contributed by atoms with van der Waals surface area (Å²) in [6.07, 6.45) is 82.3. The van der Waals surface area contributed by atoms with Crippen molar-refractivity contribution in [1.82, 2.24) is 5.32 Å². The molecule has 0 fully saturated rings. The molecule has 0 heterocycles. The highest BCUT2D eigenvalue weighted by Crippen LogP contribution is 2.38. The van der Waals surface area contributed by atoms with E-state index in [4.69, 9.17) is 9.05 Å². The number of carbonyl (C=O) groups excluding carboxylic acids is 1. The molecule has 0 saturated heterocycles. The maximum absolute atomic E-state index is 13.0. The number of phosphoric ester groups is 1. The molecule has 0 aromatic rings. The van der Waals surface area contributed by atoms with Crippen molar-refractivity contribution in [2.75, 3.05) is 40.9 Å². The number of amides is 1. The molecule has 0 aliphatic heterocycles. The third kappa shape index (κ3) is 59.1. The highest BCUT2D eigenvalue weighted by atomic mass is 31.2. The lowest BCUT2D eigenvalue weighted by Crippen LogP contribution is -2.45. The van der Waals surface area contributed by atoms with Gasteiger partial charge in [0.2, 0.25) is 5.91 Å². The van der Waals surface area contributed by atoms with Gasteiger partial charge in [0.1, 0.15) is 13.2 Å². The highest BCUT2D eigenvalue weighted by Gasteiger charge is 2.23. The maximum Gasteiger partial charge on any atom is 0.268 e. The van der Waals surface area contributed by atoms with Crippen molar-refractivity contribution in [2.24, 2.45) is 0 Å². The van der Waals surface area contributed by atoms with Crippen LogP contribution in [-0.4, -0.2) is 68.5 Å². The van der Waals surface area contributed by atoms with Crippen LogP contribution in [0.2, 0.25) is 0 Å². The molecule has 0 aliphatic rings. The van der Waals surface area contributed by atoms with E-state index in [1.165, 1.54) is 161 Å². The van der Waals surface area contributed by atoms with Crippen LogP contribution < -0.4 is 10.2 Å². The Hall–Kier alpha value is -2.58. The van der Waals surface area contributed by atoms with Crippen LogP contribution >= 0.6 is 7.82 Å². The van der Waals surface area contributed by atoms with Gasteiger partial charge in [-0.1, -0.05) is 272 Å². The molecule has 9 heteroatoms. The molecule has 0 radical (unpaired) electrons. The number of carbonyl (C=O) groups is 1. The number of nitrogens with zero attached hydrogens (tertiary/aromatic N) is 1. The summed E-state index contributed by atoms with van der Waals surface area (Å²) in [6.45, 7) is 4.51. The van der Waals surface area contributed by atoms with Gasteiger partial charge in [-0.15, -0.1) is 0 Å². The lowest BCUT2D eigenvalue weighted by molar-refractivity contribution is -0.870. The standard InChI is InChI=1S/C67H121N2O6P/c1-6-8-10-12-14-16-18-20-22-24-26-28-30-31-32-33-34-35-36-37-39-40-42-44-46-48-50-52-54-56-58-60-66(70)65(64-75-76(72,73)74-63-62-69(3,4)5)68-67(71)61-59-57-55-53-51-49-47-45-43-41-38-29-27-25-23-21-19-17-15-13-11-9-7-2/h9,11,15,17,21,23,27,29,41-44,50,52,58,60,65-66,70H,6-8,10,12-14,16,18-20,22,24-26,28,30-40,45-49,51,53-57,59,61-64H2,1-5H3,(H-,68,71,72,73)/b11-9-,17-15-,23-21-,29-27-,43-41-,44-42+,52-50+,60-58+. The van der Waals surface area contributed by atoms with E-state index in [9.17, 15) is 19.4 Å². The molecular formula is C67H121N2O6P. The Morgan fingerprint density at radius 2 is 0.816 bits per heavy atom. The monoisotopic (exact) mass is 1080 g/mol. The molecular weight excluding hydrogens is 960 g/mol. The number of quaternary nitrogens is 1. The topological polar surface area (TPSA) is 108 Å². The van der Waals surface area contributed by atoms with Crippen LogP contribution in [0.5, 0.6) is 0 Å². The summed E-state index contributed by atoms with van der Waals surface area (Å²) in [6, 6.07) is -0.924. The summed E-state index contributed by atoms with van der Waals surface area (Å²) < 4.78 is 23.4. The minimum absolute atomic E-state index is 0.0163. The van der Waals surface area contributed by atoms with Gasteiger partial charge in [-0.25, -0.2) is 0 Å². The van der Waals surface area contributed by atoms with E-state index in [1.54, 1.807) is 6.08 Å². The zero-order valence-corrected chi connectivity index (χ0v) is 51.1. The van der Waals surface area contributed by atoms with E-state index in [0.717, 1.165) is 89.9 Å². The normalized spacial score (nSPS) is 14.5. The first-order chi connectivity index (χ1) is 37.0. The fourth-order valence-corrected chi connectivity index (χ4v) is 9.58. The van der Waals surface area contributed by atoms with Crippen LogP contribution in [-0.2, 0) is 18.4 Å². The molecule has 1 amide bonds. The van der Waals surface area contributed by atoms with Crippen molar-refractivity contribution < 1.29 is 32.9 Å². The largest absolute Gasteiger partial charge is 0.756 e. The minimum Gasteiger partial charge on any atom is -0.756 e. The molecule has 0 rings (SSSR count). The zero-order valence-electron chi connectivity index (χ0n) is 50.2. The van der Waals surface area contributed by atoms with Gasteiger partial charge in [-0.3, -0.25) is 9.36 Å². The number of aliphatic hydroxyl groups excluding tert-OH is 1. The molecule has 0 aromatic heterocycles. The smallest absolute Gasteiger partial charge is 0.268 e. The van der Waals surface area contributed by atoms with Crippen molar-refractivity contribution in [1.29, 1.82) is 0 Å². The number of unbranched alkanes of at least 4 members (excludes halogenated alkanes) is 30. The van der Waals surface area contributed by atoms with Gasteiger partial charge in [0.25, 0.3) is 7.82 Å². The van der Waals surface area contributed by atoms with Crippen molar-refractivity contribution in [3.63, 3.8) is 0 Å². The molecule has 76 heavy (non-hydrogen) atoms. The Kier molecular flexibility index (Phi) is 55.2. The van der Waals surface area contributed by atoms with Crippen LogP contribution in [0.15, 0.2) is 97.2 Å². The third-order valence-corrected chi connectivity index (χ3v) is 14.7. The van der Waals surface area contributed by atoms with Crippen LogP contribution in [0.1, 0.15) is 271 Å². The number of hydrogen-bond donors (Lipinski definition) is 2. The van der Waals surface area contributed by atoms with Gasteiger partial charge in [0, 0.05) is 6.42 Å². The van der Waals surface area contributed by atoms with Gasteiger partial charge in [-0.05, 0) is 89.9 Å². The summed E-state index contributed by atoms with van der Waals surface area (Å²) in [5, 5.41) is 13.9. The van der Waals surface area contributed by atoms with Crippen LogP contribution in [0.4, 0.5) is 0 Å². The Balaban J connectivity index is 4.24. The second kappa shape index (κ2) is 57.1. The Morgan fingerprint density at radius 1 is 0.474 bits per heavy atom. The predicted octanol–water partition coefficient (Wildman–Crippen LogP) is 19.1. The first-order valence-corrected chi connectivity index (χ1v) is 33.1. The molecule has 8 nitrogen and oxygen atoms in total. The average Bonchev–Trinajstić information content (AvgIpc) is 3.38. The van der Waals surface area contributed by atoms with Gasteiger partial charge < -0.3 is 28.8 Å². The van der Waals surface area contributed by atoms with Crippen molar-refractivity contribution in [3.05, 3.63) is 97.2 Å². The first kappa shape index (κ1) is 73.4. The van der Waals surface area contributed by atoms with Crippen molar-refractivity contribution in [2.45, 2.75) is 283 Å². The van der Waals surface area contributed by atoms with Gasteiger partial charge >= 0.3 is 0 Å². The molecule has 0 saturated carbocycles. The van der Waals surface area contributed by atoms with E-state index in [1.807, 2.05) is 27.2 Å². The number of allylic oxidation sites excluding steroid dienone is 15. The fraction of sp³-hybridized carbons (Fsp3) is 0.746. The van der Waals surface area contributed by atoms with E-state index < -0.39 is 26.6 Å². The summed E-state index contributed by atoms with van der Waals surface area (Å²) in [5.74, 6) is -0.224. The molecule has 440 valence electrons. The van der Waals surface area contributed by atoms with Gasteiger partial charge in [-0.2, -0.15) is 0 Å². The summed E-state index contributed by atoms with van der Waals surface area (Å²) in [4.78, 5) is 25.5. The summed E-state index contributed by atoms with van der Waals surface area (Å²) >= 11 is 0. The zero-order chi connectivity index (χ0) is 55.6. The SMILES string of the molecule is CC/C=C\C/C=C\C/C=C\C/C=C\C/C=C\CCCCCCCCCC(=O)NC(COP(=O)([O-])OCC[N+](C)(C)C)C(O)/C=C/CC/C=C/CC/C=C/CCCCCCCCCCCCCCCCCCCCCCC. The number of aliphatic hydroxyl groups is 1. The molecule has 2 N–H and O–H groups in total. The average molecular weight is 1080 g/mol. The number of rotatable bonds is 57. The molecule has 0 spiro atoms. The van der Waals surface area contributed by atoms with E-state index in [0.29, 0.717) is 17.4 Å². The second-order valence-corrected chi connectivity index (χ2v) is 23.8. The number of nitrogens with one attached hydrogen (secondary N) is 1. The summed E-state index contributed by atoms with van der Waals surface area (Å²) in [7, 11) is 1.22. The van der Waals surface area contributed by atoms with Gasteiger partial charge in [0.05, 0.1) is 39.9 Å². The number of phosphoric acid groups is 1. The molecule has 3 unspecified atom stereocenters. The Bertz CT molecular complexity index is 1560. The van der Waals surface area contributed by atoms with E-state index >= 15 is 0 Å². The maximum atomic E-state index is 13.0. The first-order valence-electron chi connectivity index (χ1n) is 31.6. The van der Waals surface area contributed by atoms with Crippen LogP contribution in [0.25, 0.3) is 0 Å². The molecule has 3 atom stereocenters. The van der Waals surface area contributed by atoms with E-state index in [2.05, 4.69) is 104 Å². The predicted molar refractivity (Wildman–Crippen MR) is 329 cm³/mol. The summed E-state index contributed by atoms with van der Waals surface area (Å²) in [5.41, 5.74) is 0. The number of hydrogen-bond acceptors (Lipinski definition) is 6. The lowest BCUT2D eigenvalue weighted by Gasteiger charge is -2.29. The second-order valence-electron chi connectivity index (χ2n) is 22.4. The quantitative estimate of drug-likeness (QED) is 0.0272. The Morgan fingerprint density at radius 3 is 1.22 bits per heavy atom. The van der Waals surface area contributed by atoms with Crippen LogP contribution in [0, 0.1) is 0 Å². The van der Waals surface area contributed by atoms with Gasteiger partial charge in [0.15, 0.2) is 0 Å². The van der Waals surface area contributed by atoms with Crippen molar-refractivity contribution in [3.8, 4) is 0 Å². The Labute approximate surface area is 470 Å².